The molecule has 1 saturated carbocycles. The molecule has 0 atom stereocenters. The molecule has 0 aliphatic heterocycles. The predicted octanol–water partition coefficient (Wildman–Crippen LogP) is 3.10. The molecule has 0 unspecified atom stereocenters. The number of nitrogens with one attached hydrogen (secondary N) is 1. The lowest BCUT2D eigenvalue weighted by molar-refractivity contribution is -0.142. The zero-order valence-corrected chi connectivity index (χ0v) is 15.8. The molecule has 0 spiro atoms. The van der Waals surface area contributed by atoms with Gasteiger partial charge in [-0.1, -0.05) is 0 Å². The van der Waals surface area contributed by atoms with E-state index in [4.69, 9.17) is 14.6 Å². The molecule has 1 fully saturated rings. The van der Waals surface area contributed by atoms with Crippen LogP contribution in [-0.4, -0.2) is 35.1 Å². The summed E-state index contributed by atoms with van der Waals surface area (Å²) >= 11 is 1.50. The Morgan fingerprint density at radius 2 is 2.04 bits per heavy atom. The van der Waals surface area contributed by atoms with Gasteiger partial charge in [0.05, 0.1) is 24.2 Å². The molecule has 2 aromatic rings. The van der Waals surface area contributed by atoms with E-state index < -0.39 is 5.97 Å². The second kappa shape index (κ2) is 8.85. The minimum absolute atomic E-state index is 0.000290. The number of carbonyl (C=O) groups excluding carboxylic acids is 1. The van der Waals surface area contributed by atoms with Gasteiger partial charge in [0, 0.05) is 17.0 Å². The number of hydrogen-bond acceptors (Lipinski definition) is 6. The number of thiazole rings is 1. The van der Waals surface area contributed by atoms with Crippen molar-refractivity contribution in [2.24, 2.45) is 5.92 Å². The van der Waals surface area contributed by atoms with Gasteiger partial charge in [0.15, 0.2) is 11.5 Å². The predicted molar refractivity (Wildman–Crippen MR) is 100 cm³/mol. The number of carbonyl (C=O) groups is 2. The van der Waals surface area contributed by atoms with Crippen molar-refractivity contribution in [1.82, 2.24) is 10.3 Å². The number of ether oxygens (including phenoxy) is 2. The minimum atomic E-state index is -0.752. The lowest BCUT2D eigenvalue weighted by atomic mass is 9.86. The number of nitrogens with zero attached hydrogens (tertiary/aromatic N) is 1. The highest BCUT2D eigenvalue weighted by Gasteiger charge is 2.27. The first-order valence-electron chi connectivity index (χ1n) is 8.78. The molecule has 1 aliphatic rings. The zero-order chi connectivity index (χ0) is 19.2. The van der Waals surface area contributed by atoms with Crippen LogP contribution in [0.1, 0.15) is 41.7 Å². The second-order valence-electron chi connectivity index (χ2n) is 6.49. The summed E-state index contributed by atoms with van der Waals surface area (Å²) in [4.78, 5) is 27.7. The maximum absolute atomic E-state index is 12.5. The SMILES string of the molecule is COc1cc(C(=O)NC2CCC(C(=O)O)CC2)ccc1OCc1cscn1. The highest BCUT2D eigenvalue weighted by molar-refractivity contribution is 7.07. The summed E-state index contributed by atoms with van der Waals surface area (Å²) in [6.45, 7) is 0.332. The van der Waals surface area contributed by atoms with E-state index in [0.717, 1.165) is 5.69 Å². The Morgan fingerprint density at radius 3 is 2.67 bits per heavy atom. The Bertz CT molecular complexity index is 785. The van der Waals surface area contributed by atoms with Crippen molar-refractivity contribution in [2.45, 2.75) is 38.3 Å². The fourth-order valence-electron chi connectivity index (χ4n) is 3.14. The molecule has 7 nitrogen and oxygen atoms in total. The first-order valence-corrected chi connectivity index (χ1v) is 9.72. The van der Waals surface area contributed by atoms with Crippen molar-refractivity contribution in [3.05, 3.63) is 40.3 Å². The van der Waals surface area contributed by atoms with E-state index in [9.17, 15) is 9.59 Å². The van der Waals surface area contributed by atoms with Crippen molar-refractivity contribution < 1.29 is 24.2 Å². The van der Waals surface area contributed by atoms with Gasteiger partial charge in [-0.25, -0.2) is 4.98 Å². The van der Waals surface area contributed by atoms with Gasteiger partial charge < -0.3 is 19.9 Å². The molecular weight excluding hydrogens is 368 g/mol. The maximum atomic E-state index is 12.5. The van der Waals surface area contributed by atoms with E-state index in [1.165, 1.54) is 18.4 Å². The number of methoxy groups -OCH3 is 1. The topological polar surface area (TPSA) is 97.8 Å². The Balaban J connectivity index is 1.59. The average Bonchev–Trinajstić information content (AvgIpc) is 3.20. The van der Waals surface area contributed by atoms with Gasteiger partial charge in [0.1, 0.15) is 6.61 Å². The molecule has 3 rings (SSSR count). The largest absolute Gasteiger partial charge is 0.493 e. The van der Waals surface area contributed by atoms with Crippen LogP contribution in [0.15, 0.2) is 29.1 Å². The van der Waals surface area contributed by atoms with E-state index in [-0.39, 0.29) is 17.9 Å². The number of aromatic nitrogens is 1. The van der Waals surface area contributed by atoms with Crippen LogP contribution in [0.2, 0.25) is 0 Å². The fraction of sp³-hybridized carbons (Fsp3) is 0.421. The molecule has 1 aromatic heterocycles. The number of carboxylic acid groups (broad SMARTS) is 1. The number of aliphatic carboxylic acids is 1. The third kappa shape index (κ3) is 4.97. The zero-order valence-electron chi connectivity index (χ0n) is 15.0. The van der Waals surface area contributed by atoms with Gasteiger partial charge in [-0.3, -0.25) is 9.59 Å². The van der Waals surface area contributed by atoms with E-state index >= 15 is 0 Å². The molecular formula is C19H22N2O5S. The number of hydrogen-bond donors (Lipinski definition) is 2. The van der Waals surface area contributed by atoms with Crippen LogP contribution in [0, 0.1) is 5.92 Å². The third-order valence-electron chi connectivity index (χ3n) is 4.70. The molecule has 1 aliphatic carbocycles. The van der Waals surface area contributed by atoms with Crippen molar-refractivity contribution in [2.75, 3.05) is 7.11 Å². The lowest BCUT2D eigenvalue weighted by Crippen LogP contribution is -2.38. The minimum Gasteiger partial charge on any atom is -0.493 e. The second-order valence-corrected chi connectivity index (χ2v) is 7.21. The van der Waals surface area contributed by atoms with Crippen molar-refractivity contribution in [1.29, 1.82) is 0 Å². The third-order valence-corrected chi connectivity index (χ3v) is 5.33. The van der Waals surface area contributed by atoms with Gasteiger partial charge in [0.2, 0.25) is 0 Å². The average molecular weight is 390 g/mol. The van der Waals surface area contributed by atoms with Crippen LogP contribution in [0.3, 0.4) is 0 Å². The molecule has 8 heteroatoms. The first-order chi connectivity index (χ1) is 13.1. The standard InChI is InChI=1S/C19H22N2O5S/c1-25-17-8-13(4-7-16(17)26-9-15-10-27-11-20-15)18(22)21-14-5-2-12(3-6-14)19(23)24/h4,7-8,10-12,14H,2-3,5-6,9H2,1H3,(H,21,22)(H,23,24). The van der Waals surface area contributed by atoms with E-state index in [0.29, 0.717) is 49.4 Å². The molecule has 0 radical (unpaired) electrons. The summed E-state index contributed by atoms with van der Waals surface area (Å²) in [6.07, 6.45) is 2.53. The van der Waals surface area contributed by atoms with Crippen molar-refractivity contribution in [3.8, 4) is 11.5 Å². The number of carboxylic acids is 1. The van der Waals surface area contributed by atoms with Crippen molar-refractivity contribution in [3.63, 3.8) is 0 Å². The Morgan fingerprint density at radius 1 is 1.26 bits per heavy atom. The molecule has 27 heavy (non-hydrogen) atoms. The number of rotatable bonds is 7. The van der Waals surface area contributed by atoms with Gasteiger partial charge in [-0.15, -0.1) is 11.3 Å². The highest BCUT2D eigenvalue weighted by atomic mass is 32.1. The van der Waals surface area contributed by atoms with E-state index in [2.05, 4.69) is 10.3 Å². The smallest absolute Gasteiger partial charge is 0.306 e. The summed E-state index contributed by atoms with van der Waals surface area (Å²) in [5.41, 5.74) is 3.06. The van der Waals surface area contributed by atoms with Crippen LogP contribution in [0.25, 0.3) is 0 Å². The van der Waals surface area contributed by atoms with Gasteiger partial charge >= 0.3 is 5.97 Å². The fourth-order valence-corrected chi connectivity index (χ4v) is 3.69. The maximum Gasteiger partial charge on any atom is 0.306 e. The van der Waals surface area contributed by atoms with Gasteiger partial charge in [0.25, 0.3) is 5.91 Å². The summed E-state index contributed by atoms with van der Waals surface area (Å²) in [7, 11) is 1.53. The molecule has 0 saturated heterocycles. The van der Waals surface area contributed by atoms with Crippen LogP contribution in [-0.2, 0) is 11.4 Å². The van der Waals surface area contributed by atoms with E-state index in [1.807, 2.05) is 5.38 Å². The monoisotopic (exact) mass is 390 g/mol. The summed E-state index contributed by atoms with van der Waals surface area (Å²) in [6, 6.07) is 5.05. The number of amides is 1. The molecule has 2 N–H and O–H groups in total. The summed E-state index contributed by atoms with van der Waals surface area (Å²) < 4.78 is 11.1. The molecule has 144 valence electrons. The van der Waals surface area contributed by atoms with Gasteiger partial charge in [-0.05, 0) is 43.9 Å². The molecule has 1 aromatic carbocycles. The Labute approximate surface area is 161 Å². The highest BCUT2D eigenvalue weighted by Crippen LogP contribution is 2.29. The molecule has 0 bridgehead atoms. The van der Waals surface area contributed by atoms with Crippen molar-refractivity contribution >= 4 is 23.2 Å². The van der Waals surface area contributed by atoms with Crippen LogP contribution in [0.4, 0.5) is 0 Å². The normalized spacial score (nSPS) is 19.3. The Hall–Kier alpha value is -2.61. The molecule has 1 amide bonds. The lowest BCUT2D eigenvalue weighted by Gasteiger charge is -2.26. The quantitative estimate of drug-likeness (QED) is 0.754. The van der Waals surface area contributed by atoms with E-state index in [1.54, 1.807) is 23.7 Å². The Kier molecular flexibility index (Phi) is 6.28. The van der Waals surface area contributed by atoms with Gasteiger partial charge in [-0.2, -0.15) is 0 Å². The first kappa shape index (κ1) is 19.2. The molecule has 1 heterocycles. The van der Waals surface area contributed by atoms with Crippen LogP contribution < -0.4 is 14.8 Å². The van der Waals surface area contributed by atoms with Crippen LogP contribution >= 0.6 is 11.3 Å². The number of benzene rings is 1. The summed E-state index contributed by atoms with van der Waals surface area (Å²) in [5, 5.41) is 13.9. The summed E-state index contributed by atoms with van der Waals surface area (Å²) in [5.74, 6) is -0.222. The van der Waals surface area contributed by atoms with Crippen LogP contribution in [0.5, 0.6) is 11.5 Å².